The highest BCUT2D eigenvalue weighted by Crippen LogP contribution is 2.31. The number of pyridine rings is 2. The van der Waals surface area contributed by atoms with Gasteiger partial charge in [0.05, 0.1) is 5.69 Å². The minimum absolute atomic E-state index is 0.104. The number of nitrogens with zero attached hydrogens (tertiary/aromatic N) is 2. The molecule has 1 saturated carbocycles. The Bertz CT molecular complexity index is 695. The van der Waals surface area contributed by atoms with Crippen LogP contribution in [0.25, 0.3) is 11.1 Å². The Morgan fingerprint density at radius 2 is 2.14 bits per heavy atom. The van der Waals surface area contributed by atoms with E-state index >= 15 is 0 Å². The van der Waals surface area contributed by atoms with E-state index in [0.29, 0.717) is 12.2 Å². The first-order chi connectivity index (χ1) is 10.6. The first-order valence-electron chi connectivity index (χ1n) is 7.56. The van der Waals surface area contributed by atoms with Gasteiger partial charge in [-0.3, -0.25) is 9.78 Å². The summed E-state index contributed by atoms with van der Waals surface area (Å²) in [6, 6.07) is 5.86. The molecule has 0 atom stereocenters. The van der Waals surface area contributed by atoms with Crippen LogP contribution >= 0.6 is 0 Å². The summed E-state index contributed by atoms with van der Waals surface area (Å²) in [6.45, 7) is 2.51. The Balaban J connectivity index is 1.83. The van der Waals surface area contributed by atoms with E-state index in [0.717, 1.165) is 35.0 Å². The van der Waals surface area contributed by atoms with Crippen molar-refractivity contribution in [3.63, 3.8) is 0 Å². The van der Waals surface area contributed by atoms with E-state index in [9.17, 15) is 4.79 Å². The fourth-order valence-corrected chi connectivity index (χ4v) is 2.36. The number of Topliss-reactive ketones (excluding diaryl/α,β-unsaturated/α-hetero) is 1. The van der Waals surface area contributed by atoms with Crippen molar-refractivity contribution in [1.82, 2.24) is 9.97 Å². The molecule has 0 spiro atoms. The molecule has 0 bridgehead atoms. The lowest BCUT2D eigenvalue weighted by Crippen LogP contribution is -2.07. The van der Waals surface area contributed by atoms with Gasteiger partial charge in [-0.25, -0.2) is 4.98 Å². The average molecular weight is 296 g/mol. The number of hydrogen-bond donors (Lipinski definition) is 2. The number of rotatable bonds is 6. The van der Waals surface area contributed by atoms with Crippen LogP contribution in [-0.2, 0) is 11.2 Å². The van der Waals surface area contributed by atoms with Crippen LogP contribution in [0.5, 0.6) is 0 Å². The summed E-state index contributed by atoms with van der Waals surface area (Å²) >= 11 is 0. The van der Waals surface area contributed by atoms with E-state index in [4.69, 9.17) is 5.73 Å². The van der Waals surface area contributed by atoms with Crippen molar-refractivity contribution in [2.75, 3.05) is 17.6 Å². The SMILES string of the molecule is CC(=O)Cc1cc(-c2cnc(N)c(NCC3CC3)c2)ccn1. The fraction of sp³-hybridized carbons (Fsp3) is 0.353. The highest BCUT2D eigenvalue weighted by atomic mass is 16.1. The molecule has 22 heavy (non-hydrogen) atoms. The summed E-state index contributed by atoms with van der Waals surface area (Å²) in [7, 11) is 0. The van der Waals surface area contributed by atoms with E-state index in [2.05, 4.69) is 15.3 Å². The second-order valence-electron chi connectivity index (χ2n) is 5.90. The third-order valence-corrected chi connectivity index (χ3v) is 3.78. The van der Waals surface area contributed by atoms with E-state index in [-0.39, 0.29) is 5.78 Å². The van der Waals surface area contributed by atoms with Crippen molar-refractivity contribution in [3.8, 4) is 11.1 Å². The van der Waals surface area contributed by atoms with Crippen LogP contribution in [0.2, 0.25) is 0 Å². The zero-order valence-corrected chi connectivity index (χ0v) is 12.7. The number of nitrogens with one attached hydrogen (secondary N) is 1. The molecule has 2 aromatic heterocycles. The number of aromatic nitrogens is 2. The predicted octanol–water partition coefficient (Wildman–Crippen LogP) is 2.68. The van der Waals surface area contributed by atoms with E-state index in [1.54, 1.807) is 19.3 Å². The van der Waals surface area contributed by atoms with Gasteiger partial charge in [0.1, 0.15) is 11.6 Å². The van der Waals surface area contributed by atoms with Crippen molar-refractivity contribution in [1.29, 1.82) is 0 Å². The van der Waals surface area contributed by atoms with E-state index in [1.807, 2.05) is 18.2 Å². The molecule has 0 aliphatic heterocycles. The largest absolute Gasteiger partial charge is 0.382 e. The quantitative estimate of drug-likeness (QED) is 0.856. The molecular weight excluding hydrogens is 276 g/mol. The van der Waals surface area contributed by atoms with Gasteiger partial charge in [0.25, 0.3) is 0 Å². The molecule has 3 N–H and O–H groups in total. The third kappa shape index (κ3) is 3.61. The van der Waals surface area contributed by atoms with Gasteiger partial charge < -0.3 is 11.1 Å². The Hall–Kier alpha value is -2.43. The fourth-order valence-electron chi connectivity index (χ4n) is 2.36. The summed E-state index contributed by atoms with van der Waals surface area (Å²) in [4.78, 5) is 19.7. The van der Waals surface area contributed by atoms with Gasteiger partial charge in [-0.15, -0.1) is 0 Å². The molecule has 0 radical (unpaired) electrons. The number of nitrogens with two attached hydrogens (primary N) is 1. The molecule has 0 amide bonds. The second-order valence-corrected chi connectivity index (χ2v) is 5.90. The van der Waals surface area contributed by atoms with Crippen LogP contribution in [0.3, 0.4) is 0 Å². The Morgan fingerprint density at radius 3 is 2.86 bits per heavy atom. The standard InChI is InChI=1S/C17H20N4O/c1-11(22)6-15-7-13(4-5-19-15)14-8-16(17(18)21-10-14)20-9-12-2-3-12/h4-5,7-8,10,12,20H,2-3,6,9H2,1H3,(H2,18,21). The zero-order valence-electron chi connectivity index (χ0n) is 12.7. The number of hydrogen-bond acceptors (Lipinski definition) is 5. The maximum Gasteiger partial charge on any atom is 0.146 e. The number of anilines is 2. The summed E-state index contributed by atoms with van der Waals surface area (Å²) in [6.07, 6.45) is 6.41. The van der Waals surface area contributed by atoms with Gasteiger partial charge in [0.2, 0.25) is 0 Å². The van der Waals surface area contributed by atoms with Gasteiger partial charge in [0.15, 0.2) is 0 Å². The van der Waals surface area contributed by atoms with Crippen LogP contribution in [0, 0.1) is 5.92 Å². The molecule has 3 rings (SSSR count). The second kappa shape index (κ2) is 6.13. The van der Waals surface area contributed by atoms with Crippen molar-refractivity contribution in [2.45, 2.75) is 26.2 Å². The van der Waals surface area contributed by atoms with Gasteiger partial charge >= 0.3 is 0 Å². The number of carbonyl (C=O) groups is 1. The molecule has 0 unspecified atom stereocenters. The minimum Gasteiger partial charge on any atom is -0.382 e. The first-order valence-corrected chi connectivity index (χ1v) is 7.56. The lowest BCUT2D eigenvalue weighted by atomic mass is 10.1. The van der Waals surface area contributed by atoms with Gasteiger partial charge in [-0.1, -0.05) is 0 Å². The van der Waals surface area contributed by atoms with E-state index in [1.165, 1.54) is 12.8 Å². The van der Waals surface area contributed by atoms with Crippen LogP contribution in [0.1, 0.15) is 25.5 Å². The molecular formula is C17H20N4O. The summed E-state index contributed by atoms with van der Waals surface area (Å²) in [5, 5.41) is 3.37. The molecule has 5 nitrogen and oxygen atoms in total. The monoisotopic (exact) mass is 296 g/mol. The van der Waals surface area contributed by atoms with Crippen LogP contribution in [-0.4, -0.2) is 22.3 Å². The van der Waals surface area contributed by atoms with E-state index < -0.39 is 0 Å². The molecule has 1 aliphatic rings. The number of nitrogen functional groups attached to an aromatic ring is 1. The molecule has 114 valence electrons. The average Bonchev–Trinajstić information content (AvgIpc) is 3.30. The highest BCUT2D eigenvalue weighted by molar-refractivity contribution is 5.78. The normalized spacial score (nSPS) is 13.9. The maximum absolute atomic E-state index is 11.2. The predicted molar refractivity (Wildman–Crippen MR) is 87.5 cm³/mol. The van der Waals surface area contributed by atoms with Crippen LogP contribution in [0.4, 0.5) is 11.5 Å². The molecule has 0 aromatic carbocycles. The smallest absolute Gasteiger partial charge is 0.146 e. The topological polar surface area (TPSA) is 80.9 Å². The van der Waals surface area contributed by atoms with Crippen molar-refractivity contribution in [2.24, 2.45) is 5.92 Å². The molecule has 0 saturated heterocycles. The van der Waals surface area contributed by atoms with Gasteiger partial charge in [-0.05, 0) is 49.4 Å². The van der Waals surface area contributed by atoms with Crippen molar-refractivity contribution >= 4 is 17.3 Å². The van der Waals surface area contributed by atoms with Crippen molar-refractivity contribution < 1.29 is 4.79 Å². The molecule has 2 aromatic rings. The Labute approximate surface area is 130 Å². The summed E-state index contributed by atoms with van der Waals surface area (Å²) in [5.41, 5.74) is 9.55. The van der Waals surface area contributed by atoms with Crippen LogP contribution in [0.15, 0.2) is 30.6 Å². The van der Waals surface area contributed by atoms with Crippen molar-refractivity contribution in [3.05, 3.63) is 36.3 Å². The Morgan fingerprint density at radius 1 is 1.32 bits per heavy atom. The summed E-state index contributed by atoms with van der Waals surface area (Å²) < 4.78 is 0. The molecule has 1 fully saturated rings. The molecule has 2 heterocycles. The van der Waals surface area contributed by atoms with Gasteiger partial charge in [0, 0.05) is 36.6 Å². The Kier molecular flexibility index (Phi) is 4.04. The molecule has 1 aliphatic carbocycles. The number of carbonyl (C=O) groups excluding carboxylic acids is 1. The minimum atomic E-state index is 0.104. The number of ketones is 1. The third-order valence-electron chi connectivity index (χ3n) is 3.78. The molecule has 5 heteroatoms. The summed E-state index contributed by atoms with van der Waals surface area (Å²) in [5.74, 6) is 1.39. The zero-order chi connectivity index (χ0) is 15.5. The maximum atomic E-state index is 11.2. The van der Waals surface area contributed by atoms with Crippen LogP contribution < -0.4 is 11.1 Å². The lowest BCUT2D eigenvalue weighted by Gasteiger charge is -2.10. The first kappa shape index (κ1) is 14.5. The lowest BCUT2D eigenvalue weighted by molar-refractivity contribution is -0.116. The highest BCUT2D eigenvalue weighted by Gasteiger charge is 2.21. The van der Waals surface area contributed by atoms with Gasteiger partial charge in [-0.2, -0.15) is 0 Å².